The standard InChI is InChI=1S/C19H38N2O/c1-16-6-4-7-18(14-16)21-12-8-17(9-13-21)20-11-5-10-19(2,3)15-22/h16-18,20,22H,4-15H2,1-3H3. The molecule has 0 aromatic rings. The quantitative estimate of drug-likeness (QED) is 0.707. The molecule has 2 rings (SSSR count). The van der Waals surface area contributed by atoms with E-state index in [-0.39, 0.29) is 5.41 Å². The van der Waals surface area contributed by atoms with Crippen LogP contribution in [-0.4, -0.2) is 48.3 Å². The number of rotatable bonds is 7. The molecule has 0 aromatic heterocycles. The number of likely N-dealkylation sites (tertiary alicyclic amines) is 1. The van der Waals surface area contributed by atoms with E-state index in [0.29, 0.717) is 6.61 Å². The Morgan fingerprint density at radius 1 is 1.14 bits per heavy atom. The Bertz CT molecular complexity index is 311. The molecule has 0 radical (unpaired) electrons. The zero-order valence-corrected chi connectivity index (χ0v) is 15.1. The second kappa shape index (κ2) is 8.65. The first-order valence-corrected chi connectivity index (χ1v) is 9.58. The lowest BCUT2D eigenvalue weighted by Gasteiger charge is -2.41. The van der Waals surface area contributed by atoms with E-state index in [0.717, 1.165) is 31.0 Å². The minimum absolute atomic E-state index is 0.0860. The molecule has 3 nitrogen and oxygen atoms in total. The maximum absolute atomic E-state index is 9.29. The monoisotopic (exact) mass is 310 g/mol. The third-order valence-corrected chi connectivity index (χ3v) is 5.85. The lowest BCUT2D eigenvalue weighted by Crippen LogP contribution is -2.48. The summed E-state index contributed by atoms with van der Waals surface area (Å²) in [4.78, 5) is 2.77. The Balaban J connectivity index is 1.59. The van der Waals surface area contributed by atoms with Crippen molar-refractivity contribution in [3.05, 3.63) is 0 Å². The molecule has 2 atom stereocenters. The van der Waals surface area contributed by atoms with E-state index in [9.17, 15) is 5.11 Å². The summed E-state index contributed by atoms with van der Waals surface area (Å²) in [5, 5.41) is 13.0. The summed E-state index contributed by atoms with van der Waals surface area (Å²) >= 11 is 0. The molecular formula is C19H38N2O. The molecule has 0 bridgehead atoms. The fourth-order valence-corrected chi connectivity index (χ4v) is 4.15. The lowest BCUT2D eigenvalue weighted by molar-refractivity contribution is 0.0997. The van der Waals surface area contributed by atoms with Crippen molar-refractivity contribution >= 4 is 0 Å². The van der Waals surface area contributed by atoms with Crippen LogP contribution in [0.3, 0.4) is 0 Å². The van der Waals surface area contributed by atoms with Gasteiger partial charge in [0.15, 0.2) is 0 Å². The topological polar surface area (TPSA) is 35.5 Å². The molecular weight excluding hydrogens is 272 g/mol. The summed E-state index contributed by atoms with van der Waals surface area (Å²) < 4.78 is 0. The van der Waals surface area contributed by atoms with E-state index in [1.165, 1.54) is 58.0 Å². The Hall–Kier alpha value is -0.120. The Morgan fingerprint density at radius 3 is 2.50 bits per heavy atom. The van der Waals surface area contributed by atoms with Gasteiger partial charge in [0.1, 0.15) is 0 Å². The number of nitrogens with one attached hydrogen (secondary N) is 1. The van der Waals surface area contributed by atoms with Crippen LogP contribution in [0.25, 0.3) is 0 Å². The smallest absolute Gasteiger partial charge is 0.0482 e. The van der Waals surface area contributed by atoms with Gasteiger partial charge in [0.25, 0.3) is 0 Å². The largest absolute Gasteiger partial charge is 0.396 e. The molecule has 1 saturated heterocycles. The average Bonchev–Trinajstić information content (AvgIpc) is 2.52. The first-order valence-electron chi connectivity index (χ1n) is 9.58. The van der Waals surface area contributed by atoms with Gasteiger partial charge in [0, 0.05) is 18.7 Å². The normalized spacial score (nSPS) is 28.9. The van der Waals surface area contributed by atoms with Crippen LogP contribution in [0.5, 0.6) is 0 Å². The molecule has 0 aromatic carbocycles. The molecule has 0 amide bonds. The number of hydrogen-bond donors (Lipinski definition) is 2. The molecule has 22 heavy (non-hydrogen) atoms. The van der Waals surface area contributed by atoms with Crippen molar-refractivity contribution in [1.82, 2.24) is 10.2 Å². The van der Waals surface area contributed by atoms with Gasteiger partial charge in [-0.2, -0.15) is 0 Å². The molecule has 0 spiro atoms. The zero-order valence-electron chi connectivity index (χ0n) is 15.1. The van der Waals surface area contributed by atoms with Crippen molar-refractivity contribution in [2.45, 2.75) is 84.2 Å². The number of nitrogens with zero attached hydrogens (tertiary/aromatic N) is 1. The van der Waals surface area contributed by atoms with Crippen LogP contribution < -0.4 is 5.32 Å². The van der Waals surface area contributed by atoms with Gasteiger partial charge in [-0.25, -0.2) is 0 Å². The summed E-state index contributed by atoms with van der Waals surface area (Å²) in [6.07, 6.45) is 10.6. The highest BCUT2D eigenvalue weighted by molar-refractivity contribution is 4.84. The Morgan fingerprint density at radius 2 is 1.86 bits per heavy atom. The SMILES string of the molecule is CC1CCCC(N2CCC(NCCCC(C)(C)CO)CC2)C1. The van der Waals surface area contributed by atoms with Crippen molar-refractivity contribution in [2.75, 3.05) is 26.2 Å². The molecule has 1 aliphatic carbocycles. The van der Waals surface area contributed by atoms with Crippen molar-refractivity contribution in [3.63, 3.8) is 0 Å². The van der Waals surface area contributed by atoms with Gasteiger partial charge in [-0.3, -0.25) is 0 Å². The average molecular weight is 311 g/mol. The van der Waals surface area contributed by atoms with E-state index >= 15 is 0 Å². The minimum atomic E-state index is 0.0860. The van der Waals surface area contributed by atoms with Gasteiger partial charge in [0.05, 0.1) is 0 Å². The predicted octanol–water partition coefficient (Wildman–Crippen LogP) is 3.42. The number of hydrogen-bond acceptors (Lipinski definition) is 3. The first-order chi connectivity index (χ1) is 10.5. The molecule has 2 N–H and O–H groups in total. The van der Waals surface area contributed by atoms with E-state index in [1.54, 1.807) is 0 Å². The van der Waals surface area contributed by atoms with Crippen LogP contribution in [0, 0.1) is 11.3 Å². The molecule has 2 fully saturated rings. The fraction of sp³-hybridized carbons (Fsp3) is 1.00. The van der Waals surface area contributed by atoms with Crippen molar-refractivity contribution < 1.29 is 5.11 Å². The van der Waals surface area contributed by atoms with E-state index < -0.39 is 0 Å². The summed E-state index contributed by atoms with van der Waals surface area (Å²) in [7, 11) is 0. The van der Waals surface area contributed by atoms with Crippen molar-refractivity contribution in [1.29, 1.82) is 0 Å². The van der Waals surface area contributed by atoms with Crippen molar-refractivity contribution in [3.8, 4) is 0 Å². The molecule has 2 unspecified atom stereocenters. The summed E-state index contributed by atoms with van der Waals surface area (Å²) in [5.41, 5.74) is 0.0860. The molecule has 1 saturated carbocycles. The Labute approximate surface area is 137 Å². The zero-order chi connectivity index (χ0) is 16.0. The third-order valence-electron chi connectivity index (χ3n) is 5.85. The van der Waals surface area contributed by atoms with Crippen LogP contribution in [0.4, 0.5) is 0 Å². The van der Waals surface area contributed by atoms with Crippen LogP contribution in [-0.2, 0) is 0 Å². The van der Waals surface area contributed by atoms with E-state index in [2.05, 4.69) is 31.0 Å². The van der Waals surface area contributed by atoms with Gasteiger partial charge in [-0.05, 0) is 69.5 Å². The fourth-order valence-electron chi connectivity index (χ4n) is 4.15. The molecule has 1 heterocycles. The maximum atomic E-state index is 9.29. The summed E-state index contributed by atoms with van der Waals surface area (Å²) in [6, 6.07) is 1.59. The van der Waals surface area contributed by atoms with Crippen LogP contribution in [0.1, 0.15) is 72.1 Å². The van der Waals surface area contributed by atoms with Gasteiger partial charge in [0.2, 0.25) is 0 Å². The second-order valence-corrected chi connectivity index (χ2v) is 8.62. The van der Waals surface area contributed by atoms with Gasteiger partial charge >= 0.3 is 0 Å². The Kier molecular flexibility index (Phi) is 7.17. The number of aliphatic hydroxyl groups excluding tert-OH is 1. The van der Waals surface area contributed by atoms with E-state index in [1.807, 2.05) is 0 Å². The van der Waals surface area contributed by atoms with Crippen LogP contribution in [0.2, 0.25) is 0 Å². The molecule has 2 aliphatic rings. The number of aliphatic hydroxyl groups is 1. The minimum Gasteiger partial charge on any atom is -0.396 e. The van der Waals surface area contributed by atoms with Crippen LogP contribution in [0.15, 0.2) is 0 Å². The first kappa shape index (κ1) is 18.2. The van der Waals surface area contributed by atoms with Gasteiger partial charge < -0.3 is 15.3 Å². The third kappa shape index (κ3) is 5.82. The highest BCUT2D eigenvalue weighted by atomic mass is 16.3. The molecule has 1 aliphatic heterocycles. The number of piperidine rings is 1. The van der Waals surface area contributed by atoms with Crippen LogP contribution >= 0.6 is 0 Å². The van der Waals surface area contributed by atoms with Gasteiger partial charge in [-0.15, -0.1) is 0 Å². The molecule has 3 heteroatoms. The van der Waals surface area contributed by atoms with Gasteiger partial charge in [-0.1, -0.05) is 33.6 Å². The second-order valence-electron chi connectivity index (χ2n) is 8.62. The van der Waals surface area contributed by atoms with Crippen molar-refractivity contribution in [2.24, 2.45) is 11.3 Å². The summed E-state index contributed by atoms with van der Waals surface area (Å²) in [6.45, 7) is 10.7. The predicted molar refractivity (Wildman–Crippen MR) is 94.1 cm³/mol. The highest BCUT2D eigenvalue weighted by Gasteiger charge is 2.28. The highest BCUT2D eigenvalue weighted by Crippen LogP contribution is 2.29. The molecule has 130 valence electrons. The maximum Gasteiger partial charge on any atom is 0.0482 e. The van der Waals surface area contributed by atoms with E-state index in [4.69, 9.17) is 0 Å². The summed E-state index contributed by atoms with van der Waals surface area (Å²) in [5.74, 6) is 0.935. The lowest BCUT2D eigenvalue weighted by atomic mass is 9.85.